The number of nitrogens with one attached hydrogen (secondary N) is 1. The second kappa shape index (κ2) is 8.09. The number of amides is 5. The van der Waals surface area contributed by atoms with Crippen LogP contribution in [0, 0.1) is 6.92 Å². The molecule has 0 saturated carbocycles. The van der Waals surface area contributed by atoms with Crippen molar-refractivity contribution < 1.29 is 23.9 Å². The van der Waals surface area contributed by atoms with Gasteiger partial charge in [-0.3, -0.25) is 19.3 Å². The highest BCUT2D eigenvalue weighted by molar-refractivity contribution is 6.45. The number of hydrogen-bond acceptors (Lipinski definition) is 5. The summed E-state index contributed by atoms with van der Waals surface area (Å²) in [5, 5.41) is 2.54. The first-order valence-electron chi connectivity index (χ1n) is 7.68. The summed E-state index contributed by atoms with van der Waals surface area (Å²) in [5.74, 6) is -1.84. The normalized spacial score (nSPS) is 14.0. The molecule has 132 valence electrons. The van der Waals surface area contributed by atoms with Crippen LogP contribution in [0.3, 0.4) is 0 Å². The lowest BCUT2D eigenvalue weighted by atomic mass is 10.2. The highest BCUT2D eigenvalue weighted by atomic mass is 16.5. The molecule has 0 aromatic heterocycles. The highest BCUT2D eigenvalue weighted by Crippen LogP contribution is 2.12. The third kappa shape index (κ3) is 4.43. The third-order valence-electron chi connectivity index (χ3n) is 3.43. The molecule has 0 spiro atoms. The van der Waals surface area contributed by atoms with E-state index in [0.717, 1.165) is 10.5 Å². The van der Waals surface area contributed by atoms with Crippen LogP contribution < -0.4 is 10.1 Å². The molecule has 2 rings (SSSR count). The van der Waals surface area contributed by atoms with Crippen LogP contribution >= 0.6 is 0 Å². The van der Waals surface area contributed by atoms with Gasteiger partial charge in [-0.15, -0.1) is 6.58 Å². The molecule has 25 heavy (non-hydrogen) atoms. The van der Waals surface area contributed by atoms with Gasteiger partial charge in [0.15, 0.2) is 0 Å². The monoisotopic (exact) mass is 345 g/mol. The van der Waals surface area contributed by atoms with Crippen molar-refractivity contribution in [2.75, 3.05) is 26.2 Å². The Morgan fingerprint density at radius 3 is 2.64 bits per heavy atom. The van der Waals surface area contributed by atoms with E-state index >= 15 is 0 Å². The topological polar surface area (TPSA) is 96.0 Å². The fourth-order valence-electron chi connectivity index (χ4n) is 2.24. The van der Waals surface area contributed by atoms with Crippen LogP contribution in [-0.4, -0.2) is 59.8 Å². The Bertz CT molecular complexity index is 716. The number of benzene rings is 1. The summed E-state index contributed by atoms with van der Waals surface area (Å²) in [6, 6.07) is 6.65. The van der Waals surface area contributed by atoms with Gasteiger partial charge in [0.2, 0.25) is 5.91 Å². The van der Waals surface area contributed by atoms with Gasteiger partial charge in [-0.25, -0.2) is 9.69 Å². The predicted octanol–water partition coefficient (Wildman–Crippen LogP) is 0.467. The molecule has 0 radical (unpaired) electrons. The summed E-state index contributed by atoms with van der Waals surface area (Å²) in [7, 11) is 0. The predicted molar refractivity (Wildman–Crippen MR) is 88.7 cm³/mol. The summed E-state index contributed by atoms with van der Waals surface area (Å²) in [6.45, 7) is 5.20. The number of carbonyl (C=O) groups is 4. The molecular formula is C17H19N3O5. The zero-order valence-electron chi connectivity index (χ0n) is 13.9. The Labute approximate surface area is 145 Å². The maximum absolute atomic E-state index is 12.0. The van der Waals surface area contributed by atoms with Gasteiger partial charge in [0.1, 0.15) is 18.9 Å². The summed E-state index contributed by atoms with van der Waals surface area (Å²) in [5.41, 5.74) is 1.06. The van der Waals surface area contributed by atoms with E-state index in [4.69, 9.17) is 4.74 Å². The van der Waals surface area contributed by atoms with Gasteiger partial charge in [-0.05, 0) is 24.6 Å². The molecule has 1 aliphatic rings. The van der Waals surface area contributed by atoms with E-state index in [0.29, 0.717) is 10.6 Å². The number of urea groups is 1. The van der Waals surface area contributed by atoms with Crippen LogP contribution in [0.5, 0.6) is 5.75 Å². The minimum Gasteiger partial charge on any atom is -0.492 e. The second-order valence-electron chi connectivity index (χ2n) is 5.39. The lowest BCUT2D eigenvalue weighted by Gasteiger charge is -2.14. The first-order valence-corrected chi connectivity index (χ1v) is 7.68. The molecule has 8 heteroatoms. The molecule has 8 nitrogen and oxygen atoms in total. The zero-order chi connectivity index (χ0) is 18.4. The minimum absolute atomic E-state index is 0.0775. The lowest BCUT2D eigenvalue weighted by Crippen LogP contribution is -2.42. The Morgan fingerprint density at radius 2 is 1.96 bits per heavy atom. The average Bonchev–Trinajstić information content (AvgIpc) is 2.77. The van der Waals surface area contributed by atoms with Crippen LogP contribution in [-0.2, 0) is 14.4 Å². The summed E-state index contributed by atoms with van der Waals surface area (Å²) in [6.07, 6.45) is 1.33. The molecule has 1 fully saturated rings. The molecule has 1 aliphatic heterocycles. The Hall–Kier alpha value is -3.16. The Balaban J connectivity index is 1.78. The molecule has 1 aromatic rings. The largest absolute Gasteiger partial charge is 0.492 e. The van der Waals surface area contributed by atoms with Crippen molar-refractivity contribution in [2.24, 2.45) is 0 Å². The van der Waals surface area contributed by atoms with Crippen molar-refractivity contribution in [1.29, 1.82) is 0 Å². The maximum atomic E-state index is 12.0. The maximum Gasteiger partial charge on any atom is 0.335 e. The molecule has 0 unspecified atom stereocenters. The van der Waals surface area contributed by atoms with Gasteiger partial charge in [0.05, 0.1) is 6.54 Å². The number of ether oxygens (including phenoxy) is 1. The van der Waals surface area contributed by atoms with Gasteiger partial charge < -0.3 is 10.1 Å². The number of hydrogen-bond donors (Lipinski definition) is 1. The molecule has 0 aliphatic carbocycles. The third-order valence-corrected chi connectivity index (χ3v) is 3.43. The summed E-state index contributed by atoms with van der Waals surface area (Å²) >= 11 is 0. The van der Waals surface area contributed by atoms with Gasteiger partial charge in [-0.2, -0.15) is 0 Å². The molecule has 1 aromatic carbocycles. The number of imide groups is 2. The SMILES string of the molecule is C=CCN1C(=O)C(=O)N(CC(=O)NCCOc2cccc(C)c2)C1=O. The van der Waals surface area contributed by atoms with E-state index < -0.39 is 30.3 Å². The van der Waals surface area contributed by atoms with E-state index in [9.17, 15) is 19.2 Å². The van der Waals surface area contributed by atoms with Crippen molar-refractivity contribution in [1.82, 2.24) is 15.1 Å². The Kier molecular flexibility index (Phi) is 5.89. The molecule has 5 amide bonds. The van der Waals surface area contributed by atoms with Crippen LogP contribution in [0.2, 0.25) is 0 Å². The van der Waals surface area contributed by atoms with Crippen molar-refractivity contribution in [3.05, 3.63) is 42.5 Å². The molecule has 0 bridgehead atoms. The minimum atomic E-state index is -1.02. The molecule has 1 heterocycles. The molecule has 0 atom stereocenters. The average molecular weight is 345 g/mol. The van der Waals surface area contributed by atoms with E-state index in [-0.39, 0.29) is 19.7 Å². The quantitative estimate of drug-likeness (QED) is 0.320. The van der Waals surface area contributed by atoms with Gasteiger partial charge in [-0.1, -0.05) is 18.2 Å². The number of carbonyl (C=O) groups excluding carboxylic acids is 4. The molecule has 1 N–H and O–H groups in total. The number of nitrogens with zero attached hydrogens (tertiary/aromatic N) is 2. The second-order valence-corrected chi connectivity index (χ2v) is 5.39. The van der Waals surface area contributed by atoms with E-state index in [2.05, 4.69) is 11.9 Å². The van der Waals surface area contributed by atoms with Crippen molar-refractivity contribution in [3.63, 3.8) is 0 Å². The van der Waals surface area contributed by atoms with Crippen LogP contribution in [0.4, 0.5) is 4.79 Å². The fraction of sp³-hybridized carbons (Fsp3) is 0.294. The van der Waals surface area contributed by atoms with Gasteiger partial charge in [0.25, 0.3) is 0 Å². The standard InChI is InChI=1S/C17H19N3O5/c1-3-8-19-15(22)16(23)20(17(19)24)11-14(21)18-7-9-25-13-6-4-5-12(2)10-13/h3-6,10H,1,7-9,11H2,2H3,(H,18,21). The number of aryl methyl sites for hydroxylation is 1. The first kappa shape index (κ1) is 18.2. The lowest BCUT2D eigenvalue weighted by molar-refractivity contribution is -0.143. The van der Waals surface area contributed by atoms with E-state index in [1.165, 1.54) is 6.08 Å². The van der Waals surface area contributed by atoms with Gasteiger partial charge >= 0.3 is 17.8 Å². The molecular weight excluding hydrogens is 326 g/mol. The van der Waals surface area contributed by atoms with Crippen LogP contribution in [0.1, 0.15) is 5.56 Å². The smallest absolute Gasteiger partial charge is 0.335 e. The van der Waals surface area contributed by atoms with Gasteiger partial charge in [0, 0.05) is 6.54 Å². The highest BCUT2D eigenvalue weighted by Gasteiger charge is 2.44. The van der Waals surface area contributed by atoms with E-state index in [1.807, 2.05) is 25.1 Å². The summed E-state index contributed by atoms with van der Waals surface area (Å²) in [4.78, 5) is 48.6. The summed E-state index contributed by atoms with van der Waals surface area (Å²) < 4.78 is 5.48. The fourth-order valence-corrected chi connectivity index (χ4v) is 2.24. The van der Waals surface area contributed by atoms with E-state index in [1.54, 1.807) is 6.07 Å². The van der Waals surface area contributed by atoms with Crippen molar-refractivity contribution in [2.45, 2.75) is 6.92 Å². The number of rotatable bonds is 8. The molecule has 1 saturated heterocycles. The van der Waals surface area contributed by atoms with Crippen LogP contribution in [0.15, 0.2) is 36.9 Å². The van der Waals surface area contributed by atoms with Crippen LogP contribution in [0.25, 0.3) is 0 Å². The first-order chi connectivity index (χ1) is 11.9. The Morgan fingerprint density at radius 1 is 1.24 bits per heavy atom. The van der Waals surface area contributed by atoms with Crippen molar-refractivity contribution >= 4 is 23.8 Å². The van der Waals surface area contributed by atoms with Crippen molar-refractivity contribution in [3.8, 4) is 5.75 Å². The zero-order valence-corrected chi connectivity index (χ0v) is 13.9.